The second kappa shape index (κ2) is 6.51. The van der Waals surface area contributed by atoms with Crippen molar-refractivity contribution < 1.29 is 9.59 Å². The van der Waals surface area contributed by atoms with Gasteiger partial charge in [-0.3, -0.25) is 9.59 Å². The molecule has 1 aromatic rings. The Bertz CT molecular complexity index is 554. The normalized spacial score (nSPS) is 15.0. The van der Waals surface area contributed by atoms with Crippen LogP contribution in [0.1, 0.15) is 46.1 Å². The molecule has 0 saturated carbocycles. The minimum absolute atomic E-state index is 0.0383. The highest BCUT2D eigenvalue weighted by Gasteiger charge is 2.26. The molecule has 2 amide bonds. The van der Waals surface area contributed by atoms with E-state index in [1.807, 2.05) is 29.2 Å². The van der Waals surface area contributed by atoms with Gasteiger partial charge in [-0.25, -0.2) is 0 Å². The van der Waals surface area contributed by atoms with E-state index in [1.54, 1.807) is 4.90 Å². The smallest absolute Gasteiger partial charge is 0.242 e. The Labute approximate surface area is 133 Å². The molecule has 22 heavy (non-hydrogen) atoms. The fraction of sp³-hybridized carbons (Fsp3) is 0.556. The van der Waals surface area contributed by atoms with E-state index in [0.29, 0.717) is 0 Å². The molecule has 0 atom stereocenters. The zero-order chi connectivity index (χ0) is 16.3. The van der Waals surface area contributed by atoms with Crippen LogP contribution in [0.4, 0.5) is 5.69 Å². The minimum Gasteiger partial charge on any atom is -0.341 e. The van der Waals surface area contributed by atoms with Crippen molar-refractivity contribution in [1.82, 2.24) is 4.90 Å². The lowest BCUT2D eigenvalue weighted by molar-refractivity contribution is -0.130. The van der Waals surface area contributed by atoms with Crippen molar-refractivity contribution in [3.63, 3.8) is 0 Å². The molecule has 0 aromatic heterocycles. The molecule has 1 aromatic carbocycles. The van der Waals surface area contributed by atoms with Gasteiger partial charge in [0.1, 0.15) is 6.54 Å². The van der Waals surface area contributed by atoms with Crippen LogP contribution >= 0.6 is 0 Å². The first kappa shape index (κ1) is 16.5. The third-order valence-corrected chi connectivity index (χ3v) is 4.14. The van der Waals surface area contributed by atoms with E-state index in [2.05, 4.69) is 20.8 Å². The summed E-state index contributed by atoms with van der Waals surface area (Å²) in [7, 11) is 0. The van der Waals surface area contributed by atoms with Gasteiger partial charge in [0, 0.05) is 25.7 Å². The molecule has 0 aliphatic carbocycles. The maximum Gasteiger partial charge on any atom is 0.242 e. The number of likely N-dealkylation sites (tertiary alicyclic amines) is 1. The van der Waals surface area contributed by atoms with Gasteiger partial charge in [0.2, 0.25) is 11.8 Å². The van der Waals surface area contributed by atoms with Crippen molar-refractivity contribution in [2.24, 2.45) is 0 Å². The molecular weight excluding hydrogens is 276 g/mol. The van der Waals surface area contributed by atoms with Crippen LogP contribution in [-0.2, 0) is 15.0 Å². The van der Waals surface area contributed by atoms with Crippen molar-refractivity contribution in [3.05, 3.63) is 29.8 Å². The Balaban J connectivity index is 2.29. The third kappa shape index (κ3) is 3.67. The third-order valence-electron chi connectivity index (χ3n) is 4.14. The molecule has 0 radical (unpaired) electrons. The largest absolute Gasteiger partial charge is 0.341 e. The van der Waals surface area contributed by atoms with E-state index < -0.39 is 0 Å². The topological polar surface area (TPSA) is 40.6 Å². The van der Waals surface area contributed by atoms with Crippen molar-refractivity contribution in [3.8, 4) is 0 Å². The summed E-state index contributed by atoms with van der Waals surface area (Å²) in [5, 5.41) is 0. The molecule has 1 aliphatic rings. The standard InChI is InChI=1S/C18H26N2O2/c1-14(21)20(13-17(22)19-11-7-8-12-19)16-10-6-5-9-15(16)18(2,3)4/h5-6,9-10H,7-8,11-13H2,1-4H3. The zero-order valence-electron chi connectivity index (χ0n) is 14.1. The number of carbonyl (C=O) groups excluding carboxylic acids is 2. The number of rotatable bonds is 3. The molecule has 1 aliphatic heterocycles. The summed E-state index contributed by atoms with van der Waals surface area (Å²) in [6.07, 6.45) is 2.12. The average molecular weight is 302 g/mol. The SMILES string of the molecule is CC(=O)N(CC(=O)N1CCCC1)c1ccccc1C(C)(C)C. The van der Waals surface area contributed by atoms with Crippen LogP contribution in [0.25, 0.3) is 0 Å². The number of anilines is 1. The summed E-state index contributed by atoms with van der Waals surface area (Å²) < 4.78 is 0. The van der Waals surface area contributed by atoms with Crippen LogP contribution in [0, 0.1) is 0 Å². The lowest BCUT2D eigenvalue weighted by Gasteiger charge is -2.30. The first-order chi connectivity index (χ1) is 10.3. The van der Waals surface area contributed by atoms with Gasteiger partial charge in [-0.1, -0.05) is 39.0 Å². The number of nitrogens with zero attached hydrogens (tertiary/aromatic N) is 2. The first-order valence-electron chi connectivity index (χ1n) is 7.96. The van der Waals surface area contributed by atoms with Crippen LogP contribution in [-0.4, -0.2) is 36.3 Å². The Kier molecular flexibility index (Phi) is 4.89. The first-order valence-corrected chi connectivity index (χ1v) is 7.96. The number of hydrogen-bond acceptors (Lipinski definition) is 2. The van der Waals surface area contributed by atoms with Crippen LogP contribution < -0.4 is 4.90 Å². The zero-order valence-corrected chi connectivity index (χ0v) is 14.1. The minimum atomic E-state index is -0.0933. The molecule has 120 valence electrons. The number of carbonyl (C=O) groups is 2. The Morgan fingerprint density at radius 2 is 1.73 bits per heavy atom. The van der Waals surface area contributed by atoms with Crippen LogP contribution in [0.3, 0.4) is 0 Å². The highest BCUT2D eigenvalue weighted by atomic mass is 16.2. The van der Waals surface area contributed by atoms with Gasteiger partial charge in [0.25, 0.3) is 0 Å². The van der Waals surface area contributed by atoms with Crippen LogP contribution in [0.2, 0.25) is 0 Å². The van der Waals surface area contributed by atoms with Crippen molar-refractivity contribution in [1.29, 1.82) is 0 Å². The van der Waals surface area contributed by atoms with Crippen molar-refractivity contribution in [2.45, 2.75) is 46.0 Å². The van der Waals surface area contributed by atoms with E-state index in [0.717, 1.165) is 37.2 Å². The summed E-state index contributed by atoms with van der Waals surface area (Å²) >= 11 is 0. The molecule has 4 heteroatoms. The second-order valence-electron chi connectivity index (χ2n) is 6.96. The lowest BCUT2D eigenvalue weighted by Crippen LogP contribution is -2.42. The molecule has 2 rings (SSSR count). The van der Waals surface area contributed by atoms with Gasteiger partial charge in [0.15, 0.2) is 0 Å². The Morgan fingerprint density at radius 1 is 1.14 bits per heavy atom. The fourth-order valence-electron chi connectivity index (χ4n) is 2.91. The average Bonchev–Trinajstić information content (AvgIpc) is 2.97. The van der Waals surface area contributed by atoms with Gasteiger partial charge in [-0.05, 0) is 29.9 Å². The number of amides is 2. The van der Waals surface area contributed by atoms with E-state index >= 15 is 0 Å². The quantitative estimate of drug-likeness (QED) is 0.861. The fourth-order valence-corrected chi connectivity index (χ4v) is 2.91. The van der Waals surface area contributed by atoms with E-state index in [4.69, 9.17) is 0 Å². The molecule has 1 fully saturated rings. The predicted octanol–water partition coefficient (Wildman–Crippen LogP) is 2.96. The summed E-state index contributed by atoms with van der Waals surface area (Å²) in [4.78, 5) is 28.0. The molecule has 1 saturated heterocycles. The number of benzene rings is 1. The van der Waals surface area contributed by atoms with Gasteiger partial charge >= 0.3 is 0 Å². The van der Waals surface area contributed by atoms with Gasteiger partial charge < -0.3 is 9.80 Å². The van der Waals surface area contributed by atoms with E-state index in [1.165, 1.54) is 6.92 Å². The Morgan fingerprint density at radius 3 is 2.27 bits per heavy atom. The predicted molar refractivity (Wildman–Crippen MR) is 89.0 cm³/mol. The molecular formula is C18H26N2O2. The Hall–Kier alpha value is -1.84. The molecule has 0 unspecified atom stereocenters. The van der Waals surface area contributed by atoms with Crippen LogP contribution in [0.15, 0.2) is 24.3 Å². The highest BCUT2D eigenvalue weighted by Crippen LogP contribution is 2.32. The van der Waals surface area contributed by atoms with E-state index in [-0.39, 0.29) is 23.8 Å². The highest BCUT2D eigenvalue weighted by molar-refractivity contribution is 5.98. The van der Waals surface area contributed by atoms with Crippen molar-refractivity contribution >= 4 is 17.5 Å². The number of para-hydroxylation sites is 1. The summed E-state index contributed by atoms with van der Waals surface area (Å²) in [5.74, 6) is -0.0549. The summed E-state index contributed by atoms with van der Waals surface area (Å²) in [6, 6.07) is 7.86. The molecule has 0 spiro atoms. The molecule has 0 bridgehead atoms. The van der Waals surface area contributed by atoms with E-state index in [9.17, 15) is 9.59 Å². The van der Waals surface area contributed by atoms with Gasteiger partial charge in [-0.15, -0.1) is 0 Å². The molecule has 4 nitrogen and oxygen atoms in total. The monoisotopic (exact) mass is 302 g/mol. The maximum absolute atomic E-state index is 12.4. The van der Waals surface area contributed by atoms with Gasteiger partial charge in [0.05, 0.1) is 0 Å². The summed E-state index contributed by atoms with van der Waals surface area (Å²) in [6.45, 7) is 9.63. The molecule has 0 N–H and O–H groups in total. The van der Waals surface area contributed by atoms with Crippen LogP contribution in [0.5, 0.6) is 0 Å². The van der Waals surface area contributed by atoms with Crippen molar-refractivity contribution in [2.75, 3.05) is 24.5 Å². The second-order valence-corrected chi connectivity index (χ2v) is 6.96. The summed E-state index contributed by atoms with van der Waals surface area (Å²) in [5.41, 5.74) is 1.84. The maximum atomic E-state index is 12.4. The molecule has 1 heterocycles. The number of hydrogen-bond donors (Lipinski definition) is 0. The lowest BCUT2D eigenvalue weighted by atomic mass is 9.85. The van der Waals surface area contributed by atoms with Gasteiger partial charge in [-0.2, -0.15) is 0 Å².